The van der Waals surface area contributed by atoms with E-state index in [0.29, 0.717) is 11.3 Å². The molecule has 0 bridgehead atoms. The van der Waals surface area contributed by atoms with Crippen LogP contribution in [0.25, 0.3) is 22.3 Å². The highest BCUT2D eigenvalue weighted by Gasteiger charge is 2.26. The Bertz CT molecular complexity index is 1210. The molecule has 9 nitrogen and oxygen atoms in total. The Morgan fingerprint density at radius 3 is 1.94 bits per heavy atom. The highest BCUT2D eigenvalue weighted by molar-refractivity contribution is 5.95. The second kappa shape index (κ2) is 8.78. The third-order valence-electron chi connectivity index (χ3n) is 4.27. The van der Waals surface area contributed by atoms with Gasteiger partial charge in [-0.25, -0.2) is 0 Å². The second-order valence-corrected chi connectivity index (χ2v) is 6.32. The highest BCUT2D eigenvalue weighted by Crippen LogP contribution is 2.43. The number of hydrogen-bond acceptors (Lipinski definition) is 9. The SMILES string of the molecule is COc1cc(OC(C)=O)c2c(=O)c(OC)c(-c3ccc(OC(C)=O)cc3)oc2c1OC. The van der Waals surface area contributed by atoms with Crippen molar-refractivity contribution in [2.75, 3.05) is 21.3 Å². The Hall–Kier alpha value is -4.01. The zero-order chi connectivity index (χ0) is 22.7. The molecular weight excluding hydrogens is 408 g/mol. The van der Waals surface area contributed by atoms with Crippen molar-refractivity contribution in [3.63, 3.8) is 0 Å². The first-order valence-electron chi connectivity index (χ1n) is 9.07. The number of carbonyl (C=O) groups is 2. The largest absolute Gasteiger partial charge is 0.493 e. The summed E-state index contributed by atoms with van der Waals surface area (Å²) in [6.45, 7) is 2.50. The molecule has 0 fully saturated rings. The van der Waals surface area contributed by atoms with Gasteiger partial charge < -0.3 is 28.1 Å². The van der Waals surface area contributed by atoms with Gasteiger partial charge in [0.1, 0.15) is 16.9 Å². The molecule has 0 aliphatic rings. The molecule has 0 atom stereocenters. The summed E-state index contributed by atoms with van der Waals surface area (Å²) < 4.78 is 32.3. The molecule has 0 radical (unpaired) electrons. The number of methoxy groups -OCH3 is 3. The van der Waals surface area contributed by atoms with E-state index < -0.39 is 17.4 Å². The van der Waals surface area contributed by atoms with E-state index in [4.69, 9.17) is 28.1 Å². The predicted octanol–water partition coefficient (Wildman–Crippen LogP) is 3.34. The fourth-order valence-electron chi connectivity index (χ4n) is 3.07. The highest BCUT2D eigenvalue weighted by atomic mass is 16.5. The standard InChI is InChI=1S/C22H20O9/c1-11(23)29-14-8-6-13(7-9-14)19-22(28-5)18(25)17-15(30-12(2)24)10-16(26-3)20(27-4)21(17)31-19/h6-10H,1-5H3. The van der Waals surface area contributed by atoms with Crippen LogP contribution in [0, 0.1) is 0 Å². The van der Waals surface area contributed by atoms with Gasteiger partial charge in [0.15, 0.2) is 17.1 Å². The normalized spacial score (nSPS) is 10.5. The zero-order valence-corrected chi connectivity index (χ0v) is 17.6. The molecule has 2 aromatic carbocycles. The zero-order valence-electron chi connectivity index (χ0n) is 17.6. The van der Waals surface area contributed by atoms with Gasteiger partial charge in [0.2, 0.25) is 16.9 Å². The lowest BCUT2D eigenvalue weighted by Crippen LogP contribution is -2.12. The maximum Gasteiger partial charge on any atom is 0.308 e. The van der Waals surface area contributed by atoms with Crippen molar-refractivity contribution >= 4 is 22.9 Å². The predicted molar refractivity (Wildman–Crippen MR) is 110 cm³/mol. The minimum Gasteiger partial charge on any atom is -0.493 e. The minimum atomic E-state index is -0.628. The van der Waals surface area contributed by atoms with Crippen LogP contribution in [-0.2, 0) is 9.59 Å². The summed E-state index contributed by atoms with van der Waals surface area (Å²) in [5, 5.41) is -0.0371. The van der Waals surface area contributed by atoms with Crippen molar-refractivity contribution in [1.29, 1.82) is 0 Å². The summed E-state index contributed by atoms with van der Waals surface area (Å²) in [4.78, 5) is 36.0. The Balaban J connectivity index is 2.34. The molecule has 0 aliphatic carbocycles. The van der Waals surface area contributed by atoms with Crippen LogP contribution in [0.3, 0.4) is 0 Å². The van der Waals surface area contributed by atoms with E-state index in [2.05, 4.69) is 0 Å². The quantitative estimate of drug-likeness (QED) is 0.431. The molecule has 1 heterocycles. The molecule has 0 spiro atoms. The molecule has 3 aromatic rings. The van der Waals surface area contributed by atoms with E-state index in [-0.39, 0.29) is 39.7 Å². The van der Waals surface area contributed by atoms with Crippen molar-refractivity contribution in [1.82, 2.24) is 0 Å². The summed E-state index contributed by atoms with van der Waals surface area (Å²) in [6.07, 6.45) is 0. The van der Waals surface area contributed by atoms with Crippen LogP contribution in [0.1, 0.15) is 13.8 Å². The first-order chi connectivity index (χ1) is 14.8. The Morgan fingerprint density at radius 2 is 1.42 bits per heavy atom. The molecule has 1 aromatic heterocycles. The van der Waals surface area contributed by atoms with Crippen molar-refractivity contribution < 1.29 is 37.7 Å². The summed E-state index contributed by atoms with van der Waals surface area (Å²) in [5.41, 5.74) is -0.0753. The fourth-order valence-corrected chi connectivity index (χ4v) is 3.07. The Kier molecular flexibility index (Phi) is 6.15. The van der Waals surface area contributed by atoms with E-state index in [1.165, 1.54) is 41.2 Å². The van der Waals surface area contributed by atoms with E-state index in [1.54, 1.807) is 24.3 Å². The molecule has 0 amide bonds. The lowest BCUT2D eigenvalue weighted by Gasteiger charge is -2.15. The molecule has 3 rings (SSSR count). The van der Waals surface area contributed by atoms with Gasteiger partial charge in [0, 0.05) is 25.5 Å². The molecule has 162 valence electrons. The van der Waals surface area contributed by atoms with Gasteiger partial charge in [-0.05, 0) is 24.3 Å². The van der Waals surface area contributed by atoms with Crippen LogP contribution in [0.4, 0.5) is 0 Å². The Morgan fingerprint density at radius 1 is 0.806 bits per heavy atom. The van der Waals surface area contributed by atoms with E-state index in [9.17, 15) is 14.4 Å². The number of fused-ring (bicyclic) bond motifs is 1. The fraction of sp³-hybridized carbons (Fsp3) is 0.227. The summed E-state index contributed by atoms with van der Waals surface area (Å²) >= 11 is 0. The first-order valence-corrected chi connectivity index (χ1v) is 9.07. The van der Waals surface area contributed by atoms with Crippen molar-refractivity contribution in [2.24, 2.45) is 0 Å². The van der Waals surface area contributed by atoms with Crippen molar-refractivity contribution in [3.05, 3.63) is 40.6 Å². The molecule has 31 heavy (non-hydrogen) atoms. The van der Waals surface area contributed by atoms with Crippen LogP contribution in [-0.4, -0.2) is 33.3 Å². The Labute approximate surface area is 177 Å². The minimum absolute atomic E-state index is 0.0166. The number of hydrogen-bond donors (Lipinski definition) is 0. The van der Waals surface area contributed by atoms with Crippen molar-refractivity contribution in [3.8, 4) is 40.1 Å². The summed E-state index contributed by atoms with van der Waals surface area (Å²) in [6, 6.07) is 7.67. The van der Waals surface area contributed by atoms with Gasteiger partial charge in [-0.1, -0.05) is 0 Å². The molecule has 0 N–H and O–H groups in total. The topological polar surface area (TPSA) is 110 Å². The third-order valence-corrected chi connectivity index (χ3v) is 4.27. The molecule has 0 saturated heterocycles. The molecule has 0 aliphatic heterocycles. The third kappa shape index (κ3) is 4.16. The molecule has 0 saturated carbocycles. The number of benzene rings is 2. The lowest BCUT2D eigenvalue weighted by molar-refractivity contribution is -0.132. The van der Waals surface area contributed by atoms with E-state index in [0.717, 1.165) is 0 Å². The van der Waals surface area contributed by atoms with Gasteiger partial charge in [-0.15, -0.1) is 0 Å². The average molecular weight is 428 g/mol. The number of ether oxygens (including phenoxy) is 5. The smallest absolute Gasteiger partial charge is 0.308 e. The summed E-state index contributed by atoms with van der Waals surface area (Å²) in [5.74, 6) is -0.460. The number of esters is 2. The molecule has 0 unspecified atom stereocenters. The maximum atomic E-state index is 13.3. The van der Waals surface area contributed by atoms with Crippen LogP contribution in [0.2, 0.25) is 0 Å². The van der Waals surface area contributed by atoms with Crippen LogP contribution >= 0.6 is 0 Å². The van der Waals surface area contributed by atoms with Crippen LogP contribution in [0.15, 0.2) is 39.5 Å². The molecular formula is C22H20O9. The first kappa shape index (κ1) is 21.7. The van der Waals surface area contributed by atoms with Gasteiger partial charge in [-0.3, -0.25) is 14.4 Å². The van der Waals surface area contributed by atoms with E-state index >= 15 is 0 Å². The number of rotatable bonds is 6. The molecule has 9 heteroatoms. The van der Waals surface area contributed by atoms with Crippen LogP contribution < -0.4 is 29.1 Å². The number of carbonyl (C=O) groups excluding carboxylic acids is 2. The monoisotopic (exact) mass is 428 g/mol. The van der Waals surface area contributed by atoms with Gasteiger partial charge in [0.05, 0.1) is 21.3 Å². The van der Waals surface area contributed by atoms with Crippen molar-refractivity contribution in [2.45, 2.75) is 13.8 Å². The maximum absolute atomic E-state index is 13.3. The van der Waals surface area contributed by atoms with Gasteiger partial charge in [-0.2, -0.15) is 0 Å². The van der Waals surface area contributed by atoms with E-state index in [1.807, 2.05) is 0 Å². The van der Waals surface area contributed by atoms with Gasteiger partial charge >= 0.3 is 11.9 Å². The average Bonchev–Trinajstić information content (AvgIpc) is 2.72. The second-order valence-electron chi connectivity index (χ2n) is 6.32. The van der Waals surface area contributed by atoms with Crippen LogP contribution in [0.5, 0.6) is 28.7 Å². The lowest BCUT2D eigenvalue weighted by atomic mass is 10.1. The van der Waals surface area contributed by atoms with Gasteiger partial charge in [0.25, 0.3) is 0 Å². The summed E-state index contributed by atoms with van der Waals surface area (Å²) in [7, 11) is 4.11.